The van der Waals surface area contributed by atoms with Crippen LogP contribution in [0.15, 0.2) is 66.7 Å². The minimum absolute atomic E-state index is 0.0105. The third-order valence-corrected chi connectivity index (χ3v) is 8.49. The molecule has 1 saturated heterocycles. The molecule has 0 spiro atoms. The number of para-hydroxylation sites is 2. The number of hydrogen-bond donors (Lipinski definition) is 1. The standard InChI is InChI=1S/C35H40N4O7/c1-3-14-38-21-33(40)36-27-13-15-37(22-34(41)39-16-17-44-29-10-5-4-9-28(29)39)20-32(27)45-23-24-7-6-8-26(18-24)46-31-19-25(35(38)42)11-12-30(31)43-2/h4-12,18-19,27,32H,3,13-17,20-23H2,1-2H3,(H,36,40)/t27-,32-/m0/s1. The average molecular weight is 629 g/mol. The molecule has 3 amide bonds. The topological polar surface area (TPSA) is 110 Å². The van der Waals surface area contributed by atoms with Crippen LogP contribution in [0.2, 0.25) is 0 Å². The number of carbonyl (C=O) groups is 3. The Bertz CT molecular complexity index is 1580. The summed E-state index contributed by atoms with van der Waals surface area (Å²) in [5, 5.41) is 3.15. The van der Waals surface area contributed by atoms with E-state index in [1.165, 1.54) is 0 Å². The molecule has 0 aromatic heterocycles. The molecule has 4 bridgehead atoms. The molecule has 3 aliphatic heterocycles. The molecule has 11 nitrogen and oxygen atoms in total. The second kappa shape index (κ2) is 14.2. The lowest BCUT2D eigenvalue weighted by Gasteiger charge is -2.39. The molecule has 242 valence electrons. The van der Waals surface area contributed by atoms with Gasteiger partial charge in [-0.05, 0) is 60.9 Å². The van der Waals surface area contributed by atoms with Gasteiger partial charge in [0.05, 0.1) is 51.2 Å². The fraction of sp³-hybridized carbons (Fsp3) is 0.400. The quantitative estimate of drug-likeness (QED) is 0.454. The second-order valence-electron chi connectivity index (χ2n) is 11.8. The van der Waals surface area contributed by atoms with Gasteiger partial charge >= 0.3 is 0 Å². The van der Waals surface area contributed by atoms with Gasteiger partial charge in [0, 0.05) is 25.2 Å². The SMILES string of the molecule is CCCN1CC(=O)N[C@H]2CCN(CC(=O)N3CCOc4ccccc43)C[C@@H]2OCc2cccc(c2)Oc2cc(ccc2OC)C1=O. The molecule has 11 heteroatoms. The lowest BCUT2D eigenvalue weighted by molar-refractivity contribution is -0.127. The first-order valence-corrected chi connectivity index (χ1v) is 15.8. The van der Waals surface area contributed by atoms with Crippen molar-refractivity contribution >= 4 is 23.4 Å². The zero-order valence-corrected chi connectivity index (χ0v) is 26.3. The van der Waals surface area contributed by atoms with Crippen molar-refractivity contribution in [2.75, 3.05) is 57.9 Å². The molecule has 0 aliphatic carbocycles. The first-order valence-electron chi connectivity index (χ1n) is 15.8. The third kappa shape index (κ3) is 7.11. The van der Waals surface area contributed by atoms with Gasteiger partial charge in [0.1, 0.15) is 18.1 Å². The van der Waals surface area contributed by atoms with Gasteiger partial charge in [-0.1, -0.05) is 31.2 Å². The van der Waals surface area contributed by atoms with Gasteiger partial charge in [-0.3, -0.25) is 19.3 Å². The van der Waals surface area contributed by atoms with Crippen molar-refractivity contribution in [2.45, 2.75) is 38.5 Å². The molecule has 0 saturated carbocycles. The number of anilines is 1. The molecule has 6 rings (SSSR count). The largest absolute Gasteiger partial charge is 0.493 e. The summed E-state index contributed by atoms with van der Waals surface area (Å²) in [6, 6.07) is 19.9. The Labute approximate surface area is 269 Å². The minimum Gasteiger partial charge on any atom is -0.493 e. The highest BCUT2D eigenvalue weighted by Gasteiger charge is 2.34. The van der Waals surface area contributed by atoms with Gasteiger partial charge in [0.15, 0.2) is 11.5 Å². The van der Waals surface area contributed by atoms with Crippen LogP contribution in [0.1, 0.15) is 35.7 Å². The molecule has 3 aromatic carbocycles. The number of methoxy groups -OCH3 is 1. The van der Waals surface area contributed by atoms with E-state index in [2.05, 4.69) is 10.2 Å². The molecule has 0 unspecified atom stereocenters. The van der Waals surface area contributed by atoms with Crippen LogP contribution in [-0.4, -0.2) is 92.7 Å². The highest BCUT2D eigenvalue weighted by Crippen LogP contribution is 2.34. The van der Waals surface area contributed by atoms with Gasteiger partial charge in [-0.15, -0.1) is 0 Å². The number of rotatable bonds is 5. The summed E-state index contributed by atoms with van der Waals surface area (Å²) in [4.78, 5) is 46.0. The number of ether oxygens (including phenoxy) is 4. The zero-order chi connectivity index (χ0) is 32.0. The van der Waals surface area contributed by atoms with Crippen LogP contribution in [0.25, 0.3) is 0 Å². The number of likely N-dealkylation sites (tertiary alicyclic amines) is 1. The summed E-state index contributed by atoms with van der Waals surface area (Å²) in [5.74, 6) is 1.63. The van der Waals surface area contributed by atoms with Gasteiger partial charge in [0.25, 0.3) is 5.91 Å². The Morgan fingerprint density at radius 2 is 1.89 bits per heavy atom. The summed E-state index contributed by atoms with van der Waals surface area (Å²) in [5.41, 5.74) is 2.06. The van der Waals surface area contributed by atoms with Crippen LogP contribution in [0.3, 0.4) is 0 Å². The molecule has 46 heavy (non-hydrogen) atoms. The summed E-state index contributed by atoms with van der Waals surface area (Å²) < 4.78 is 23.9. The molecular weight excluding hydrogens is 588 g/mol. The molecular formula is C35H40N4O7. The van der Waals surface area contributed by atoms with Crippen LogP contribution in [0.5, 0.6) is 23.0 Å². The Kier molecular flexibility index (Phi) is 9.70. The first kappa shape index (κ1) is 31.4. The van der Waals surface area contributed by atoms with Gasteiger partial charge < -0.3 is 34.1 Å². The Hall–Kier alpha value is -4.61. The summed E-state index contributed by atoms with van der Waals surface area (Å²) in [6.07, 6.45) is 0.899. The molecule has 0 radical (unpaired) electrons. The van der Waals surface area contributed by atoms with Crippen LogP contribution in [-0.2, 0) is 20.9 Å². The van der Waals surface area contributed by atoms with Gasteiger partial charge in [-0.25, -0.2) is 0 Å². The van der Waals surface area contributed by atoms with E-state index in [0.29, 0.717) is 74.2 Å². The summed E-state index contributed by atoms with van der Waals surface area (Å²) >= 11 is 0. The number of amides is 3. The number of hydrogen-bond acceptors (Lipinski definition) is 8. The third-order valence-electron chi connectivity index (χ3n) is 8.49. The Morgan fingerprint density at radius 1 is 1.02 bits per heavy atom. The second-order valence-corrected chi connectivity index (χ2v) is 11.8. The fourth-order valence-electron chi connectivity index (χ4n) is 6.21. The van der Waals surface area contributed by atoms with Crippen molar-refractivity contribution in [3.05, 3.63) is 77.9 Å². The van der Waals surface area contributed by atoms with Crippen LogP contribution < -0.4 is 24.4 Å². The molecule has 3 aliphatic rings. The van der Waals surface area contributed by atoms with Crippen LogP contribution >= 0.6 is 0 Å². The monoisotopic (exact) mass is 628 g/mol. The van der Waals surface area contributed by atoms with Crippen LogP contribution in [0, 0.1) is 0 Å². The maximum absolute atomic E-state index is 13.6. The van der Waals surface area contributed by atoms with Crippen molar-refractivity contribution < 1.29 is 33.3 Å². The predicted octanol–water partition coefficient (Wildman–Crippen LogP) is 3.85. The molecule has 1 N–H and O–H groups in total. The molecule has 1 fully saturated rings. The number of benzene rings is 3. The number of nitrogens with one attached hydrogen (secondary N) is 1. The van der Waals surface area contributed by atoms with E-state index in [4.69, 9.17) is 18.9 Å². The van der Waals surface area contributed by atoms with Crippen molar-refractivity contribution in [3.63, 3.8) is 0 Å². The zero-order valence-electron chi connectivity index (χ0n) is 26.3. The van der Waals surface area contributed by atoms with E-state index in [-0.39, 0.29) is 49.6 Å². The average Bonchev–Trinajstić information content (AvgIpc) is 3.07. The number of carbonyl (C=O) groups excluding carboxylic acids is 3. The molecule has 3 aromatic rings. The maximum Gasteiger partial charge on any atom is 0.254 e. The van der Waals surface area contributed by atoms with E-state index in [1.807, 2.05) is 55.5 Å². The Morgan fingerprint density at radius 3 is 2.74 bits per heavy atom. The van der Waals surface area contributed by atoms with Crippen molar-refractivity contribution in [1.82, 2.24) is 15.1 Å². The first-order chi connectivity index (χ1) is 22.4. The lowest BCUT2D eigenvalue weighted by Crippen LogP contribution is -2.58. The number of fused-ring (bicyclic) bond motifs is 6. The normalized spacial score (nSPS) is 20.5. The Balaban J connectivity index is 1.23. The van der Waals surface area contributed by atoms with Gasteiger partial charge in [-0.2, -0.15) is 0 Å². The van der Waals surface area contributed by atoms with Crippen molar-refractivity contribution in [2.24, 2.45) is 0 Å². The lowest BCUT2D eigenvalue weighted by atomic mass is 10.0. The molecule has 2 atom stereocenters. The number of piperidine rings is 1. The van der Waals surface area contributed by atoms with E-state index >= 15 is 0 Å². The number of nitrogens with zero attached hydrogens (tertiary/aromatic N) is 3. The van der Waals surface area contributed by atoms with Crippen molar-refractivity contribution in [3.8, 4) is 23.0 Å². The minimum atomic E-state index is -0.386. The molecule has 3 heterocycles. The van der Waals surface area contributed by atoms with E-state index in [0.717, 1.165) is 11.3 Å². The summed E-state index contributed by atoms with van der Waals surface area (Å²) in [6.45, 7) is 4.80. The highest BCUT2D eigenvalue weighted by molar-refractivity contribution is 5.97. The van der Waals surface area contributed by atoms with Gasteiger partial charge in [0.2, 0.25) is 11.8 Å². The van der Waals surface area contributed by atoms with E-state index < -0.39 is 0 Å². The highest BCUT2D eigenvalue weighted by atomic mass is 16.5. The van der Waals surface area contributed by atoms with E-state index in [1.54, 1.807) is 35.1 Å². The van der Waals surface area contributed by atoms with E-state index in [9.17, 15) is 14.4 Å². The van der Waals surface area contributed by atoms with Crippen LogP contribution in [0.4, 0.5) is 5.69 Å². The fourth-order valence-corrected chi connectivity index (χ4v) is 6.21. The smallest absolute Gasteiger partial charge is 0.254 e. The summed E-state index contributed by atoms with van der Waals surface area (Å²) in [7, 11) is 1.55. The van der Waals surface area contributed by atoms with Crippen molar-refractivity contribution in [1.29, 1.82) is 0 Å². The maximum atomic E-state index is 13.6. The predicted molar refractivity (Wildman–Crippen MR) is 172 cm³/mol.